The zero-order valence-electron chi connectivity index (χ0n) is 10.9. The van der Waals surface area contributed by atoms with Crippen molar-refractivity contribution in [3.8, 4) is 0 Å². The summed E-state index contributed by atoms with van der Waals surface area (Å²) in [5, 5.41) is 13.2. The van der Waals surface area contributed by atoms with Crippen molar-refractivity contribution in [3.05, 3.63) is 47.0 Å². The van der Waals surface area contributed by atoms with Crippen LogP contribution in [0.25, 0.3) is 10.8 Å². The van der Waals surface area contributed by atoms with Crippen LogP contribution in [-0.2, 0) is 17.6 Å². The van der Waals surface area contributed by atoms with Crippen molar-refractivity contribution >= 4 is 10.8 Å². The molecular weight excluding hydrogens is 236 g/mol. The fourth-order valence-electron chi connectivity index (χ4n) is 3.58. The second-order valence-corrected chi connectivity index (χ2v) is 5.65. The molecule has 1 N–H and O–H groups in total. The molecule has 2 aromatic rings. The maximum Gasteiger partial charge on any atom is 0.106 e. The summed E-state index contributed by atoms with van der Waals surface area (Å²) >= 11 is 0. The van der Waals surface area contributed by atoms with Crippen molar-refractivity contribution in [2.75, 3.05) is 6.61 Å². The number of aliphatic hydroxyl groups excluding tert-OH is 1. The molecule has 2 aliphatic rings. The summed E-state index contributed by atoms with van der Waals surface area (Å²) < 4.78 is 5.64. The molecule has 0 aromatic heterocycles. The molecule has 0 saturated carbocycles. The smallest absolute Gasteiger partial charge is 0.106 e. The maximum absolute atomic E-state index is 10.6. The van der Waals surface area contributed by atoms with Crippen LogP contribution in [0.2, 0.25) is 0 Å². The molecule has 0 bridgehead atoms. The highest BCUT2D eigenvalue weighted by molar-refractivity contribution is 5.93. The molecule has 0 amide bonds. The molecule has 0 spiro atoms. The molecule has 1 aliphatic carbocycles. The molecule has 1 heterocycles. The van der Waals surface area contributed by atoms with Crippen LogP contribution in [0.15, 0.2) is 30.3 Å². The third kappa shape index (κ3) is 1.71. The van der Waals surface area contributed by atoms with E-state index in [4.69, 9.17) is 4.74 Å². The summed E-state index contributed by atoms with van der Waals surface area (Å²) in [6.45, 7) is 0.781. The largest absolute Gasteiger partial charge is 0.386 e. The van der Waals surface area contributed by atoms with E-state index in [0.29, 0.717) is 0 Å². The van der Waals surface area contributed by atoms with E-state index < -0.39 is 6.10 Å². The van der Waals surface area contributed by atoms with Gasteiger partial charge in [-0.2, -0.15) is 0 Å². The third-order valence-corrected chi connectivity index (χ3v) is 4.55. The zero-order chi connectivity index (χ0) is 12.8. The van der Waals surface area contributed by atoms with Gasteiger partial charge in [0.2, 0.25) is 0 Å². The topological polar surface area (TPSA) is 29.5 Å². The first kappa shape index (κ1) is 11.4. The van der Waals surface area contributed by atoms with Crippen molar-refractivity contribution in [1.82, 2.24) is 0 Å². The van der Waals surface area contributed by atoms with Crippen molar-refractivity contribution in [2.45, 2.75) is 37.9 Å². The number of aliphatic hydroxyl groups is 1. The van der Waals surface area contributed by atoms with Gasteiger partial charge in [-0.15, -0.1) is 0 Å². The lowest BCUT2D eigenvalue weighted by Crippen LogP contribution is -2.17. The molecule has 4 rings (SSSR count). The predicted octanol–water partition coefficient (Wildman–Crippen LogP) is 3.15. The van der Waals surface area contributed by atoms with E-state index >= 15 is 0 Å². The SMILES string of the molecule is OC(c1ccc2c3c(cccc13)CC2)C1CCCO1. The fraction of sp³-hybridized carbons (Fsp3) is 0.412. The summed E-state index contributed by atoms with van der Waals surface area (Å²) in [4.78, 5) is 0. The second-order valence-electron chi connectivity index (χ2n) is 5.65. The van der Waals surface area contributed by atoms with Crippen molar-refractivity contribution in [1.29, 1.82) is 0 Å². The summed E-state index contributed by atoms with van der Waals surface area (Å²) in [6.07, 6.45) is 3.76. The standard InChI is InChI=1S/C17H18O2/c18-17(15-5-2-10-19-15)14-9-8-12-7-6-11-3-1-4-13(14)16(11)12/h1,3-4,8-9,15,17-18H,2,5-7,10H2. The van der Waals surface area contributed by atoms with Gasteiger partial charge in [-0.25, -0.2) is 0 Å². The molecule has 19 heavy (non-hydrogen) atoms. The van der Waals surface area contributed by atoms with Crippen LogP contribution in [0.4, 0.5) is 0 Å². The fourth-order valence-corrected chi connectivity index (χ4v) is 3.58. The summed E-state index contributed by atoms with van der Waals surface area (Å²) in [5.41, 5.74) is 3.89. The Labute approximate surface area is 113 Å². The number of rotatable bonds is 2. The summed E-state index contributed by atoms with van der Waals surface area (Å²) in [5.74, 6) is 0. The Morgan fingerprint density at radius 1 is 1.11 bits per heavy atom. The van der Waals surface area contributed by atoms with Crippen LogP contribution in [0.5, 0.6) is 0 Å². The number of hydrogen-bond donors (Lipinski definition) is 1. The lowest BCUT2D eigenvalue weighted by molar-refractivity contribution is -0.00186. The minimum absolute atomic E-state index is 0.0292. The third-order valence-electron chi connectivity index (χ3n) is 4.55. The van der Waals surface area contributed by atoms with Crippen molar-refractivity contribution < 1.29 is 9.84 Å². The van der Waals surface area contributed by atoms with E-state index in [1.165, 1.54) is 21.9 Å². The lowest BCUT2D eigenvalue weighted by atomic mass is 9.94. The molecule has 1 fully saturated rings. The van der Waals surface area contributed by atoms with Crippen LogP contribution >= 0.6 is 0 Å². The maximum atomic E-state index is 10.6. The monoisotopic (exact) mass is 254 g/mol. The first-order valence-corrected chi connectivity index (χ1v) is 7.17. The lowest BCUT2D eigenvalue weighted by Gasteiger charge is -2.20. The summed E-state index contributed by atoms with van der Waals surface area (Å²) in [6, 6.07) is 10.7. The Morgan fingerprint density at radius 2 is 1.95 bits per heavy atom. The van der Waals surface area contributed by atoms with Gasteiger partial charge in [0.15, 0.2) is 0 Å². The minimum atomic E-state index is -0.493. The molecule has 2 unspecified atom stereocenters. The Hall–Kier alpha value is -1.38. The molecule has 1 saturated heterocycles. The summed E-state index contributed by atoms with van der Waals surface area (Å²) in [7, 11) is 0. The van der Waals surface area contributed by atoms with Crippen molar-refractivity contribution in [3.63, 3.8) is 0 Å². The molecule has 2 atom stereocenters. The molecular formula is C17H18O2. The van der Waals surface area contributed by atoms with Gasteiger partial charge in [0, 0.05) is 6.61 Å². The van der Waals surface area contributed by atoms with Crippen LogP contribution in [-0.4, -0.2) is 17.8 Å². The first-order valence-electron chi connectivity index (χ1n) is 7.17. The molecule has 2 nitrogen and oxygen atoms in total. The average molecular weight is 254 g/mol. The van der Waals surface area contributed by atoms with Gasteiger partial charge in [0.1, 0.15) is 6.10 Å². The van der Waals surface area contributed by atoms with E-state index in [1.54, 1.807) is 0 Å². The van der Waals surface area contributed by atoms with Gasteiger partial charge in [-0.3, -0.25) is 0 Å². The van der Waals surface area contributed by atoms with E-state index in [-0.39, 0.29) is 6.10 Å². The number of aryl methyl sites for hydroxylation is 2. The van der Waals surface area contributed by atoms with Gasteiger partial charge in [-0.05, 0) is 53.1 Å². The van der Waals surface area contributed by atoms with Gasteiger partial charge in [0.25, 0.3) is 0 Å². The van der Waals surface area contributed by atoms with Gasteiger partial charge in [-0.1, -0.05) is 30.3 Å². The highest BCUT2D eigenvalue weighted by Crippen LogP contribution is 2.37. The Kier molecular flexibility index (Phi) is 2.61. The molecule has 1 aliphatic heterocycles. The van der Waals surface area contributed by atoms with Crippen LogP contribution < -0.4 is 0 Å². The van der Waals surface area contributed by atoms with Crippen LogP contribution in [0.1, 0.15) is 35.6 Å². The number of hydrogen-bond acceptors (Lipinski definition) is 2. The quantitative estimate of drug-likeness (QED) is 0.892. The molecule has 98 valence electrons. The molecule has 2 aromatic carbocycles. The number of benzene rings is 2. The zero-order valence-corrected chi connectivity index (χ0v) is 10.9. The van der Waals surface area contributed by atoms with Crippen molar-refractivity contribution in [2.24, 2.45) is 0 Å². The molecule has 0 radical (unpaired) electrons. The van der Waals surface area contributed by atoms with Gasteiger partial charge < -0.3 is 9.84 Å². The van der Waals surface area contributed by atoms with E-state index in [1.807, 2.05) is 0 Å². The highest BCUT2D eigenvalue weighted by Gasteiger charge is 2.27. The molecule has 2 heteroatoms. The van der Waals surface area contributed by atoms with Gasteiger partial charge >= 0.3 is 0 Å². The first-order chi connectivity index (χ1) is 9.34. The Balaban J connectivity index is 1.87. The van der Waals surface area contributed by atoms with E-state index in [2.05, 4.69) is 30.3 Å². The number of ether oxygens (including phenoxy) is 1. The normalized spacial score (nSPS) is 23.1. The Morgan fingerprint density at radius 3 is 2.74 bits per heavy atom. The van der Waals surface area contributed by atoms with E-state index in [0.717, 1.165) is 37.9 Å². The highest BCUT2D eigenvalue weighted by atomic mass is 16.5. The predicted molar refractivity (Wildman–Crippen MR) is 75.3 cm³/mol. The van der Waals surface area contributed by atoms with Crippen LogP contribution in [0.3, 0.4) is 0 Å². The second kappa shape index (κ2) is 4.32. The van der Waals surface area contributed by atoms with Gasteiger partial charge in [0.05, 0.1) is 6.10 Å². The Bertz CT molecular complexity index is 616. The van der Waals surface area contributed by atoms with Crippen LogP contribution in [0, 0.1) is 0 Å². The average Bonchev–Trinajstić information content (AvgIpc) is 3.09. The van der Waals surface area contributed by atoms with E-state index in [9.17, 15) is 5.11 Å². The minimum Gasteiger partial charge on any atom is -0.386 e.